The van der Waals surface area contributed by atoms with E-state index < -0.39 is 87.4 Å². The summed E-state index contributed by atoms with van der Waals surface area (Å²) in [6.07, 6.45) is -1.46. The summed E-state index contributed by atoms with van der Waals surface area (Å²) >= 11 is 0. The van der Waals surface area contributed by atoms with Gasteiger partial charge in [-0.15, -0.1) is 0 Å². The Kier molecular flexibility index (Phi) is 5.96. The number of rotatable bonds is 4. The summed E-state index contributed by atoms with van der Waals surface area (Å²) in [7, 11) is 2.93. The molecule has 13 nitrogen and oxygen atoms in total. The Labute approximate surface area is 210 Å². The van der Waals surface area contributed by atoms with Crippen molar-refractivity contribution in [1.82, 2.24) is 4.90 Å². The van der Waals surface area contributed by atoms with Crippen LogP contribution in [0.4, 0.5) is 5.69 Å². The number of nitrogens with zero attached hydrogens (tertiary/aromatic N) is 2. The minimum atomic E-state index is -3.00. The maximum Gasteiger partial charge on any atom is 0.302 e. The van der Waals surface area contributed by atoms with Crippen LogP contribution in [0.15, 0.2) is 39.9 Å². The van der Waals surface area contributed by atoms with Crippen molar-refractivity contribution >= 4 is 29.1 Å². The SMILES string of the molecule is CC(=O)O[C@H]1[C@H]2C(=C(O)[C@]3(O)C(=O)C(C(N)=O)=C(O)[C@@H](N(C)C)[C@H]13)C(=O)c1c(ccc(N=N)c1O)[C@@H]2C. The highest BCUT2D eigenvalue weighted by molar-refractivity contribution is 6.25. The Balaban J connectivity index is 2.12. The molecule has 0 fully saturated rings. The second-order valence-corrected chi connectivity index (χ2v) is 9.64. The van der Waals surface area contributed by atoms with E-state index >= 15 is 0 Å². The molecule has 0 aliphatic heterocycles. The molecule has 1 aromatic rings. The number of phenolic OH excluding ortho intramolecular Hbond substituents is 1. The lowest BCUT2D eigenvalue weighted by atomic mass is 9.55. The third-order valence-electron chi connectivity index (χ3n) is 7.50. The van der Waals surface area contributed by atoms with E-state index in [0.717, 1.165) is 6.92 Å². The Bertz CT molecular complexity index is 1350. The van der Waals surface area contributed by atoms with E-state index in [2.05, 4.69) is 5.11 Å². The number of amides is 1. The number of aliphatic hydroxyl groups is 3. The fourth-order valence-corrected chi connectivity index (χ4v) is 6.01. The third-order valence-corrected chi connectivity index (χ3v) is 7.50. The lowest BCUT2D eigenvalue weighted by Crippen LogP contribution is -2.69. The van der Waals surface area contributed by atoms with Gasteiger partial charge in [0, 0.05) is 18.4 Å². The van der Waals surface area contributed by atoms with Gasteiger partial charge < -0.3 is 30.9 Å². The summed E-state index contributed by atoms with van der Waals surface area (Å²) < 4.78 is 5.59. The van der Waals surface area contributed by atoms with E-state index in [9.17, 15) is 39.6 Å². The monoisotopic (exact) mass is 514 g/mol. The van der Waals surface area contributed by atoms with E-state index in [1.807, 2.05) is 0 Å². The molecule has 3 aliphatic carbocycles. The van der Waals surface area contributed by atoms with Gasteiger partial charge in [-0.05, 0) is 31.6 Å². The molecule has 0 saturated carbocycles. The first-order chi connectivity index (χ1) is 17.2. The van der Waals surface area contributed by atoms with Crippen molar-refractivity contribution < 1.29 is 44.3 Å². The Hall–Kier alpha value is -4.10. The molecule has 0 saturated heterocycles. The number of phenols is 1. The Morgan fingerprint density at radius 2 is 1.81 bits per heavy atom. The van der Waals surface area contributed by atoms with Crippen LogP contribution in [-0.2, 0) is 19.1 Å². The van der Waals surface area contributed by atoms with Gasteiger partial charge in [-0.25, -0.2) is 5.53 Å². The molecule has 1 aromatic carbocycles. The number of fused-ring (bicyclic) bond motifs is 3. The number of hydrogen-bond acceptors (Lipinski definition) is 12. The van der Waals surface area contributed by atoms with Gasteiger partial charge in [0.2, 0.25) is 5.78 Å². The normalized spacial score (nSPS) is 31.0. The zero-order valence-electron chi connectivity index (χ0n) is 20.3. The summed E-state index contributed by atoms with van der Waals surface area (Å²) in [6.45, 7) is 2.70. The highest BCUT2D eigenvalue weighted by atomic mass is 16.5. The molecule has 6 atom stereocenters. The van der Waals surface area contributed by atoms with Gasteiger partial charge in [0.15, 0.2) is 17.1 Å². The third kappa shape index (κ3) is 3.30. The highest BCUT2D eigenvalue weighted by Crippen LogP contribution is 2.57. The number of aromatic hydroxyl groups is 1. The van der Waals surface area contributed by atoms with Crippen molar-refractivity contribution in [3.63, 3.8) is 0 Å². The number of carbonyl (C=O) groups is 4. The van der Waals surface area contributed by atoms with Crippen molar-refractivity contribution in [2.24, 2.45) is 22.7 Å². The highest BCUT2D eigenvalue weighted by Gasteiger charge is 2.68. The molecule has 0 radical (unpaired) electrons. The molecule has 4 rings (SSSR count). The maximum atomic E-state index is 13.7. The van der Waals surface area contributed by atoms with Crippen LogP contribution in [-0.4, -0.2) is 80.6 Å². The van der Waals surface area contributed by atoms with Crippen LogP contribution in [0.3, 0.4) is 0 Å². The lowest BCUT2D eigenvalue weighted by Gasteiger charge is -2.54. The number of likely N-dealkylation sites (N-methyl/N-ethyl adjacent to an activating group) is 1. The van der Waals surface area contributed by atoms with Crippen LogP contribution in [0.2, 0.25) is 0 Å². The van der Waals surface area contributed by atoms with E-state index in [1.165, 1.54) is 31.1 Å². The van der Waals surface area contributed by atoms with Crippen molar-refractivity contribution in [2.75, 3.05) is 14.1 Å². The smallest absolute Gasteiger partial charge is 0.302 e. The predicted octanol–water partition coefficient (Wildman–Crippen LogP) is 0.886. The topological polar surface area (TPSA) is 224 Å². The van der Waals surface area contributed by atoms with Crippen molar-refractivity contribution in [3.05, 3.63) is 45.9 Å². The standard InChI is InChI=1S/C24H26N4O9/c1-7-9-5-6-10(27-26)17(30)12(9)18(31)13-11(7)20(37-8(2)29)15-16(28(3)4)19(32)14(23(25)35)22(34)24(15,36)21(13)33/h5-7,11,15-16,20,26,30,32-33,36H,1-4H3,(H2,25,35)/t7-,11+,15+,16-,20-,24-/m0/s1. The number of nitrogens with one attached hydrogen (secondary N) is 1. The molecule has 7 N–H and O–H groups in total. The maximum absolute atomic E-state index is 13.7. The number of ether oxygens (including phenoxy) is 1. The van der Waals surface area contributed by atoms with Crippen molar-refractivity contribution in [1.29, 1.82) is 5.53 Å². The molecular weight excluding hydrogens is 488 g/mol. The van der Waals surface area contributed by atoms with Gasteiger partial charge >= 0.3 is 5.97 Å². The Morgan fingerprint density at radius 1 is 1.19 bits per heavy atom. The van der Waals surface area contributed by atoms with Crippen molar-refractivity contribution in [2.45, 2.75) is 37.5 Å². The van der Waals surface area contributed by atoms with Gasteiger partial charge in [-0.1, -0.05) is 13.0 Å². The molecule has 37 heavy (non-hydrogen) atoms. The predicted molar refractivity (Wildman–Crippen MR) is 124 cm³/mol. The largest absolute Gasteiger partial charge is 0.510 e. The molecule has 0 aromatic heterocycles. The summed E-state index contributed by atoms with van der Waals surface area (Å²) in [4.78, 5) is 53.0. The number of carbonyl (C=O) groups excluding carboxylic acids is 4. The van der Waals surface area contributed by atoms with Crippen LogP contribution >= 0.6 is 0 Å². The first kappa shape index (κ1) is 26.0. The molecule has 196 valence electrons. The van der Waals surface area contributed by atoms with Gasteiger partial charge in [0.05, 0.1) is 17.5 Å². The molecular formula is C24H26N4O9. The number of benzene rings is 1. The van der Waals surface area contributed by atoms with E-state index in [0.29, 0.717) is 5.56 Å². The molecule has 0 unspecified atom stereocenters. The van der Waals surface area contributed by atoms with Crippen LogP contribution in [0.1, 0.15) is 35.7 Å². The van der Waals surface area contributed by atoms with Gasteiger partial charge in [-0.3, -0.25) is 24.1 Å². The van der Waals surface area contributed by atoms with Crippen LogP contribution < -0.4 is 5.73 Å². The fourth-order valence-electron chi connectivity index (χ4n) is 6.01. The summed E-state index contributed by atoms with van der Waals surface area (Å²) in [6, 6.07) is 1.43. The number of hydrogen-bond donors (Lipinski definition) is 6. The molecule has 0 bridgehead atoms. The van der Waals surface area contributed by atoms with Gasteiger partial charge in [0.1, 0.15) is 28.9 Å². The Morgan fingerprint density at radius 3 is 2.32 bits per heavy atom. The number of Topliss-reactive ketones (excluding diaryl/α,β-unsaturated/α-hetero) is 2. The minimum absolute atomic E-state index is 0.230. The van der Waals surface area contributed by atoms with Crippen LogP contribution in [0, 0.1) is 17.4 Å². The van der Waals surface area contributed by atoms with E-state index in [4.69, 9.17) is 16.0 Å². The second kappa shape index (κ2) is 8.49. The lowest BCUT2D eigenvalue weighted by molar-refractivity contribution is -0.179. The fraction of sp³-hybridized carbons (Fsp3) is 0.417. The number of primary amides is 1. The summed E-state index contributed by atoms with van der Waals surface area (Å²) in [5.74, 6) is -10.6. The van der Waals surface area contributed by atoms with Crippen LogP contribution in [0.5, 0.6) is 5.75 Å². The first-order valence-corrected chi connectivity index (χ1v) is 11.3. The molecule has 0 spiro atoms. The number of esters is 1. The molecule has 1 amide bonds. The zero-order valence-corrected chi connectivity index (χ0v) is 20.3. The summed E-state index contributed by atoms with van der Waals surface area (Å²) in [5, 5.41) is 48.0. The average Bonchev–Trinajstić information content (AvgIpc) is 2.80. The molecule has 0 heterocycles. The quantitative estimate of drug-likeness (QED) is 0.189. The second-order valence-electron chi connectivity index (χ2n) is 9.64. The van der Waals surface area contributed by atoms with Crippen molar-refractivity contribution in [3.8, 4) is 5.75 Å². The van der Waals surface area contributed by atoms with Crippen LogP contribution in [0.25, 0.3) is 0 Å². The van der Waals surface area contributed by atoms with Gasteiger partial charge in [-0.2, -0.15) is 5.11 Å². The van der Waals surface area contributed by atoms with E-state index in [-0.39, 0.29) is 11.3 Å². The average molecular weight is 514 g/mol. The summed E-state index contributed by atoms with van der Waals surface area (Å²) in [5.41, 5.74) is 7.84. The zero-order chi connectivity index (χ0) is 27.7. The molecule has 3 aliphatic rings. The minimum Gasteiger partial charge on any atom is -0.510 e. The number of ketones is 2. The first-order valence-electron chi connectivity index (χ1n) is 11.3. The number of nitrogens with two attached hydrogens (primary N) is 1. The molecule has 13 heteroatoms. The van der Waals surface area contributed by atoms with E-state index in [1.54, 1.807) is 6.92 Å². The van der Waals surface area contributed by atoms with Gasteiger partial charge in [0.25, 0.3) is 5.91 Å². The number of aliphatic hydroxyl groups excluding tert-OH is 2.